The molecule has 6 N–H and O–H groups in total. The third-order valence-electron chi connectivity index (χ3n) is 6.21. The number of rotatable bonds is 10. The number of aromatic nitrogens is 1. The van der Waals surface area contributed by atoms with Gasteiger partial charge in [0.15, 0.2) is 0 Å². The molecule has 0 unspecified atom stereocenters. The Labute approximate surface area is 201 Å². The van der Waals surface area contributed by atoms with Crippen molar-refractivity contribution in [2.24, 2.45) is 11.6 Å². The van der Waals surface area contributed by atoms with Crippen LogP contribution < -0.4 is 22.3 Å². The summed E-state index contributed by atoms with van der Waals surface area (Å²) in [5.41, 5.74) is 12.6. The fourth-order valence-corrected chi connectivity index (χ4v) is 4.02. The SMILES string of the molecule is C=C(Nc1cc2cc(/C(C)=C/N(C)NC)ccc2cn1)/C(N)=C/N(N)C1CCN(CCF)CC1. The van der Waals surface area contributed by atoms with Gasteiger partial charge in [-0.2, -0.15) is 0 Å². The molecule has 0 atom stereocenters. The first kappa shape index (κ1) is 25.5. The largest absolute Gasteiger partial charge is 0.396 e. The second kappa shape index (κ2) is 11.8. The summed E-state index contributed by atoms with van der Waals surface area (Å²) < 4.78 is 12.5. The normalized spacial score (nSPS) is 16.0. The highest BCUT2D eigenvalue weighted by atomic mass is 19.1. The van der Waals surface area contributed by atoms with Gasteiger partial charge in [0.1, 0.15) is 12.5 Å². The lowest BCUT2D eigenvalue weighted by atomic mass is 10.0. The van der Waals surface area contributed by atoms with Gasteiger partial charge in [-0.3, -0.25) is 0 Å². The average Bonchev–Trinajstić information content (AvgIpc) is 2.83. The van der Waals surface area contributed by atoms with Crippen LogP contribution in [0.5, 0.6) is 0 Å². The van der Waals surface area contributed by atoms with Gasteiger partial charge in [-0.05, 0) is 48.4 Å². The number of nitrogens with one attached hydrogen (secondary N) is 2. The highest BCUT2D eigenvalue weighted by molar-refractivity contribution is 5.87. The molecule has 184 valence electrons. The predicted molar refractivity (Wildman–Crippen MR) is 139 cm³/mol. The summed E-state index contributed by atoms with van der Waals surface area (Å²) in [5.74, 6) is 6.91. The number of benzene rings is 1. The molecule has 0 amide bonds. The van der Waals surface area contributed by atoms with Gasteiger partial charge in [0.2, 0.25) is 0 Å². The highest BCUT2D eigenvalue weighted by Crippen LogP contribution is 2.24. The van der Waals surface area contributed by atoms with Crippen molar-refractivity contribution >= 4 is 22.2 Å². The number of hydrogen-bond acceptors (Lipinski definition) is 8. The zero-order valence-corrected chi connectivity index (χ0v) is 20.4. The van der Waals surface area contributed by atoms with E-state index in [-0.39, 0.29) is 12.7 Å². The Morgan fingerprint density at radius 2 is 2.00 bits per heavy atom. The Kier molecular flexibility index (Phi) is 8.86. The molecule has 2 heterocycles. The summed E-state index contributed by atoms with van der Waals surface area (Å²) in [6.45, 7) is 7.96. The molecule has 1 fully saturated rings. The first-order valence-electron chi connectivity index (χ1n) is 11.5. The number of pyridine rings is 1. The van der Waals surface area contributed by atoms with Gasteiger partial charge in [0, 0.05) is 63.8 Å². The van der Waals surface area contributed by atoms with E-state index >= 15 is 0 Å². The topological polar surface area (TPSA) is 98.7 Å². The first-order chi connectivity index (χ1) is 16.3. The Balaban J connectivity index is 1.66. The molecule has 0 saturated carbocycles. The van der Waals surface area contributed by atoms with Crippen LogP contribution in [0.4, 0.5) is 10.2 Å². The molecule has 34 heavy (non-hydrogen) atoms. The van der Waals surface area contributed by atoms with E-state index in [1.165, 1.54) is 0 Å². The fourth-order valence-electron chi connectivity index (χ4n) is 4.02. The third-order valence-corrected chi connectivity index (χ3v) is 6.21. The van der Waals surface area contributed by atoms with Gasteiger partial charge in [0.25, 0.3) is 0 Å². The van der Waals surface area contributed by atoms with Gasteiger partial charge in [-0.25, -0.2) is 20.6 Å². The molecule has 1 aliphatic rings. The lowest BCUT2D eigenvalue weighted by Gasteiger charge is -2.35. The number of nitrogens with two attached hydrogens (primary N) is 2. The molecule has 1 aromatic carbocycles. The highest BCUT2D eigenvalue weighted by Gasteiger charge is 2.21. The van der Waals surface area contributed by atoms with Crippen LogP contribution >= 0.6 is 0 Å². The first-order valence-corrected chi connectivity index (χ1v) is 11.5. The van der Waals surface area contributed by atoms with Gasteiger partial charge in [-0.1, -0.05) is 18.7 Å². The summed E-state index contributed by atoms with van der Waals surface area (Å²) in [5, 5.41) is 8.85. The molecule has 9 heteroatoms. The molecule has 2 aromatic rings. The zero-order valence-electron chi connectivity index (χ0n) is 20.4. The molecule has 0 spiro atoms. The smallest absolute Gasteiger partial charge is 0.130 e. The molecular weight excluding hydrogens is 431 g/mol. The Hall–Kier alpha value is -3.14. The minimum atomic E-state index is -0.316. The Morgan fingerprint density at radius 1 is 1.26 bits per heavy atom. The predicted octanol–water partition coefficient (Wildman–Crippen LogP) is 3.00. The molecule has 3 rings (SSSR count). The number of hydrazine groups is 2. The fraction of sp³-hybridized carbons (Fsp3) is 0.400. The number of halogens is 1. The van der Waals surface area contributed by atoms with Crippen LogP contribution in [0.1, 0.15) is 25.3 Å². The second-order valence-corrected chi connectivity index (χ2v) is 8.68. The van der Waals surface area contributed by atoms with E-state index in [4.69, 9.17) is 11.6 Å². The molecule has 1 aromatic heterocycles. The van der Waals surface area contributed by atoms with Crippen molar-refractivity contribution in [2.75, 3.05) is 45.7 Å². The van der Waals surface area contributed by atoms with Gasteiger partial charge in [-0.15, -0.1) is 0 Å². The van der Waals surface area contributed by atoms with E-state index < -0.39 is 0 Å². The number of piperidine rings is 1. The van der Waals surface area contributed by atoms with Gasteiger partial charge < -0.3 is 26.0 Å². The van der Waals surface area contributed by atoms with E-state index in [1.807, 2.05) is 37.6 Å². The maximum absolute atomic E-state index is 12.5. The van der Waals surface area contributed by atoms with Gasteiger partial charge >= 0.3 is 0 Å². The molecule has 1 saturated heterocycles. The van der Waals surface area contributed by atoms with Gasteiger partial charge in [0.05, 0.1) is 11.4 Å². The number of likely N-dealkylation sites (tertiary alicyclic amines) is 1. The number of allylic oxidation sites excluding steroid dienone is 1. The van der Waals surface area contributed by atoms with Crippen LogP contribution in [-0.2, 0) is 0 Å². The average molecular weight is 469 g/mol. The molecule has 8 nitrogen and oxygen atoms in total. The van der Waals surface area contributed by atoms with Crippen LogP contribution in [-0.4, -0.2) is 66.3 Å². The molecule has 0 aliphatic carbocycles. The number of nitrogens with zero attached hydrogens (tertiary/aromatic N) is 4. The monoisotopic (exact) mass is 468 g/mol. The summed E-state index contributed by atoms with van der Waals surface area (Å²) in [6.07, 6.45) is 7.31. The van der Waals surface area contributed by atoms with Crippen molar-refractivity contribution < 1.29 is 4.39 Å². The lowest BCUT2D eigenvalue weighted by molar-refractivity contribution is 0.135. The van der Waals surface area contributed by atoms with Crippen LogP contribution in [0.25, 0.3) is 16.3 Å². The lowest BCUT2D eigenvalue weighted by Crippen LogP contribution is -2.46. The summed E-state index contributed by atoms with van der Waals surface area (Å²) >= 11 is 0. The molecule has 1 aliphatic heterocycles. The van der Waals surface area contributed by atoms with Crippen molar-refractivity contribution in [3.05, 3.63) is 66.4 Å². The number of fused-ring (bicyclic) bond motifs is 1. The quantitative estimate of drug-likeness (QED) is 0.240. The van der Waals surface area contributed by atoms with Crippen LogP contribution in [0, 0.1) is 0 Å². The van der Waals surface area contributed by atoms with Crippen LogP contribution in [0.15, 0.2) is 60.8 Å². The molecule has 0 bridgehead atoms. The third kappa shape index (κ3) is 6.69. The maximum Gasteiger partial charge on any atom is 0.130 e. The number of hydrogen-bond donors (Lipinski definition) is 4. The standard InChI is InChI=1S/C25H37FN8/c1-18(16-32(4)29-3)20-5-6-21-15-30-25(14-22(21)13-20)31-19(2)24(27)17-34(28)23-7-10-33(11-8-23)12-9-26/h5-6,13-17,23,29H,2,7-12,27-28H2,1,3-4H3,(H,30,31)/b18-16+,24-17-. The molecule has 0 radical (unpaired) electrons. The van der Waals surface area contributed by atoms with E-state index in [0.29, 0.717) is 23.8 Å². The number of alkyl halides is 1. The van der Waals surface area contributed by atoms with Crippen molar-refractivity contribution in [2.45, 2.75) is 25.8 Å². The minimum Gasteiger partial charge on any atom is -0.396 e. The van der Waals surface area contributed by atoms with Crippen molar-refractivity contribution in [1.29, 1.82) is 0 Å². The van der Waals surface area contributed by atoms with Crippen LogP contribution in [0.3, 0.4) is 0 Å². The van der Waals surface area contributed by atoms with E-state index in [2.05, 4.69) is 52.3 Å². The Bertz CT molecular complexity index is 1040. The maximum atomic E-state index is 12.5. The zero-order chi connectivity index (χ0) is 24.7. The molecular formula is C25H37FN8. The van der Waals surface area contributed by atoms with E-state index in [9.17, 15) is 4.39 Å². The van der Waals surface area contributed by atoms with Crippen molar-refractivity contribution in [1.82, 2.24) is 25.3 Å². The number of anilines is 1. The van der Waals surface area contributed by atoms with Crippen molar-refractivity contribution in [3.8, 4) is 0 Å². The van der Waals surface area contributed by atoms with Crippen LogP contribution in [0.2, 0.25) is 0 Å². The van der Waals surface area contributed by atoms with E-state index in [1.54, 1.807) is 11.2 Å². The van der Waals surface area contributed by atoms with Crippen molar-refractivity contribution in [3.63, 3.8) is 0 Å². The second-order valence-electron chi connectivity index (χ2n) is 8.68. The summed E-state index contributed by atoms with van der Waals surface area (Å²) in [7, 11) is 3.83. The summed E-state index contributed by atoms with van der Waals surface area (Å²) in [6, 6.07) is 8.43. The minimum absolute atomic E-state index is 0.165. The Morgan fingerprint density at radius 3 is 2.68 bits per heavy atom. The van der Waals surface area contributed by atoms with E-state index in [0.717, 1.165) is 47.8 Å². The summed E-state index contributed by atoms with van der Waals surface area (Å²) in [4.78, 5) is 6.61.